The summed E-state index contributed by atoms with van der Waals surface area (Å²) < 4.78 is 1.79. The van der Waals surface area contributed by atoms with Crippen LogP contribution in [0.2, 0.25) is 0 Å². The molecule has 0 saturated heterocycles. The van der Waals surface area contributed by atoms with Gasteiger partial charge in [-0.2, -0.15) is 0 Å². The third-order valence-corrected chi connectivity index (χ3v) is 3.55. The minimum absolute atomic E-state index is 0.112. The number of fused-ring (bicyclic) bond motifs is 1. The molecule has 0 amide bonds. The first-order chi connectivity index (χ1) is 8.84. The van der Waals surface area contributed by atoms with Gasteiger partial charge in [-0.25, -0.2) is 0 Å². The van der Waals surface area contributed by atoms with Gasteiger partial charge in [0.25, 0.3) is 5.56 Å². The van der Waals surface area contributed by atoms with Crippen LogP contribution in [0.5, 0.6) is 0 Å². The van der Waals surface area contributed by atoms with E-state index in [0.29, 0.717) is 0 Å². The van der Waals surface area contributed by atoms with E-state index in [0.717, 1.165) is 36.3 Å². The fraction of sp³-hybridized carbons (Fsp3) is 0.400. The molecule has 2 aromatic rings. The van der Waals surface area contributed by atoms with Crippen LogP contribution in [-0.2, 0) is 6.54 Å². The van der Waals surface area contributed by atoms with Crippen molar-refractivity contribution in [1.82, 2.24) is 9.88 Å². The Bertz CT molecular complexity index is 599. The van der Waals surface area contributed by atoms with Crippen molar-refractivity contribution in [2.24, 2.45) is 5.92 Å². The van der Waals surface area contributed by atoms with Gasteiger partial charge in [0.1, 0.15) is 0 Å². The average molecular weight is 242 g/mol. The molecule has 1 saturated carbocycles. The van der Waals surface area contributed by atoms with Gasteiger partial charge in [0, 0.05) is 24.7 Å². The largest absolute Gasteiger partial charge is 0.315 e. The number of nitrogens with one attached hydrogen (secondary N) is 1. The Morgan fingerprint density at radius 3 is 2.89 bits per heavy atom. The highest BCUT2D eigenvalue weighted by Crippen LogP contribution is 2.27. The predicted octanol–water partition coefficient (Wildman–Crippen LogP) is 2.00. The molecule has 18 heavy (non-hydrogen) atoms. The van der Waals surface area contributed by atoms with E-state index in [2.05, 4.69) is 5.32 Å². The van der Waals surface area contributed by atoms with Crippen LogP contribution in [0.1, 0.15) is 12.8 Å². The lowest BCUT2D eigenvalue weighted by molar-refractivity contribution is 0.568. The van der Waals surface area contributed by atoms with Gasteiger partial charge >= 0.3 is 0 Å². The zero-order valence-electron chi connectivity index (χ0n) is 10.4. The van der Waals surface area contributed by atoms with Crippen molar-refractivity contribution in [3.8, 4) is 0 Å². The molecule has 0 radical (unpaired) electrons. The zero-order chi connectivity index (χ0) is 12.4. The topological polar surface area (TPSA) is 34.0 Å². The van der Waals surface area contributed by atoms with E-state index in [-0.39, 0.29) is 5.56 Å². The van der Waals surface area contributed by atoms with E-state index in [1.54, 1.807) is 4.57 Å². The highest BCUT2D eigenvalue weighted by Gasteiger charge is 2.19. The van der Waals surface area contributed by atoms with Gasteiger partial charge in [-0.15, -0.1) is 0 Å². The Kier molecular flexibility index (Phi) is 3.15. The van der Waals surface area contributed by atoms with Crippen LogP contribution in [0.15, 0.2) is 41.3 Å². The molecule has 1 aliphatic carbocycles. The number of pyridine rings is 1. The highest BCUT2D eigenvalue weighted by molar-refractivity contribution is 5.81. The smallest absolute Gasteiger partial charge is 0.258 e. The van der Waals surface area contributed by atoms with Crippen LogP contribution in [0.4, 0.5) is 0 Å². The molecule has 0 unspecified atom stereocenters. The van der Waals surface area contributed by atoms with Gasteiger partial charge < -0.3 is 9.88 Å². The van der Waals surface area contributed by atoms with Crippen molar-refractivity contribution < 1.29 is 0 Å². The summed E-state index contributed by atoms with van der Waals surface area (Å²) in [7, 11) is 0. The molecular weight excluding hydrogens is 224 g/mol. The van der Waals surface area contributed by atoms with Gasteiger partial charge in [0.15, 0.2) is 0 Å². The normalized spacial score (nSPS) is 15.1. The number of aromatic nitrogens is 1. The molecule has 1 N–H and O–H groups in total. The van der Waals surface area contributed by atoms with Crippen molar-refractivity contribution in [3.05, 3.63) is 46.9 Å². The van der Waals surface area contributed by atoms with Gasteiger partial charge in [0.05, 0.1) is 0 Å². The van der Waals surface area contributed by atoms with Crippen LogP contribution in [0.25, 0.3) is 10.8 Å². The minimum Gasteiger partial charge on any atom is -0.315 e. The maximum absolute atomic E-state index is 12.2. The molecule has 0 spiro atoms. The second-order valence-electron chi connectivity index (χ2n) is 5.05. The van der Waals surface area contributed by atoms with Crippen molar-refractivity contribution in [1.29, 1.82) is 0 Å². The van der Waals surface area contributed by atoms with Crippen molar-refractivity contribution >= 4 is 10.8 Å². The van der Waals surface area contributed by atoms with Crippen molar-refractivity contribution in [2.45, 2.75) is 19.4 Å². The lowest BCUT2D eigenvalue weighted by Gasteiger charge is -2.08. The molecule has 0 aliphatic heterocycles. The van der Waals surface area contributed by atoms with E-state index >= 15 is 0 Å². The summed E-state index contributed by atoms with van der Waals surface area (Å²) in [6, 6.07) is 9.76. The second-order valence-corrected chi connectivity index (χ2v) is 5.05. The summed E-state index contributed by atoms with van der Waals surface area (Å²) >= 11 is 0. The van der Waals surface area contributed by atoms with Crippen LogP contribution in [0, 0.1) is 5.92 Å². The first-order valence-electron chi connectivity index (χ1n) is 6.63. The average Bonchev–Trinajstić information content (AvgIpc) is 3.21. The van der Waals surface area contributed by atoms with E-state index in [1.807, 2.05) is 36.5 Å². The van der Waals surface area contributed by atoms with Gasteiger partial charge in [-0.1, -0.05) is 18.2 Å². The fourth-order valence-electron chi connectivity index (χ4n) is 2.23. The summed E-state index contributed by atoms with van der Waals surface area (Å²) in [5, 5.41) is 5.24. The van der Waals surface area contributed by atoms with E-state index < -0.39 is 0 Å². The van der Waals surface area contributed by atoms with Crippen molar-refractivity contribution in [3.63, 3.8) is 0 Å². The van der Waals surface area contributed by atoms with Crippen LogP contribution >= 0.6 is 0 Å². The summed E-state index contributed by atoms with van der Waals surface area (Å²) in [6.07, 6.45) is 4.62. The Balaban J connectivity index is 1.71. The first-order valence-corrected chi connectivity index (χ1v) is 6.63. The number of hydrogen-bond donors (Lipinski definition) is 1. The molecule has 3 heteroatoms. The lowest BCUT2D eigenvalue weighted by Crippen LogP contribution is -2.27. The number of benzene rings is 1. The van der Waals surface area contributed by atoms with E-state index in [1.165, 1.54) is 12.8 Å². The highest BCUT2D eigenvalue weighted by atomic mass is 16.1. The van der Waals surface area contributed by atoms with E-state index in [4.69, 9.17) is 0 Å². The lowest BCUT2D eigenvalue weighted by atomic mass is 10.2. The van der Waals surface area contributed by atoms with Crippen LogP contribution in [0.3, 0.4) is 0 Å². The quantitative estimate of drug-likeness (QED) is 0.814. The standard InChI is InChI=1S/C15H18N2O/c18-15-14-4-2-1-3-13(14)7-9-17(15)10-8-16-11-12-5-6-12/h1-4,7,9,12,16H,5-6,8,10-11H2. The zero-order valence-corrected chi connectivity index (χ0v) is 10.4. The molecule has 1 aromatic carbocycles. The molecule has 0 bridgehead atoms. The fourth-order valence-corrected chi connectivity index (χ4v) is 2.23. The number of hydrogen-bond acceptors (Lipinski definition) is 2. The Labute approximate surface area is 106 Å². The summed E-state index contributed by atoms with van der Waals surface area (Å²) in [6.45, 7) is 2.72. The van der Waals surface area contributed by atoms with Gasteiger partial charge in [0.2, 0.25) is 0 Å². The predicted molar refractivity (Wildman–Crippen MR) is 73.8 cm³/mol. The van der Waals surface area contributed by atoms with Crippen LogP contribution < -0.4 is 10.9 Å². The Morgan fingerprint density at radius 1 is 1.22 bits per heavy atom. The summed E-state index contributed by atoms with van der Waals surface area (Å²) in [5.74, 6) is 0.887. The Hall–Kier alpha value is -1.61. The molecule has 1 heterocycles. The molecule has 1 aromatic heterocycles. The Morgan fingerprint density at radius 2 is 2.06 bits per heavy atom. The maximum Gasteiger partial charge on any atom is 0.258 e. The molecule has 3 rings (SSSR count). The first kappa shape index (κ1) is 11.5. The molecular formula is C15H18N2O. The molecule has 0 atom stereocenters. The summed E-state index contributed by atoms with van der Waals surface area (Å²) in [5.41, 5.74) is 0.112. The minimum atomic E-state index is 0.112. The second kappa shape index (κ2) is 4.94. The summed E-state index contributed by atoms with van der Waals surface area (Å²) in [4.78, 5) is 12.2. The molecule has 1 fully saturated rings. The molecule has 94 valence electrons. The number of rotatable bonds is 5. The number of nitrogens with zero attached hydrogens (tertiary/aromatic N) is 1. The molecule has 3 nitrogen and oxygen atoms in total. The maximum atomic E-state index is 12.2. The van der Waals surface area contributed by atoms with E-state index in [9.17, 15) is 4.79 Å². The molecule has 1 aliphatic rings. The monoisotopic (exact) mass is 242 g/mol. The van der Waals surface area contributed by atoms with Crippen LogP contribution in [-0.4, -0.2) is 17.7 Å². The third-order valence-electron chi connectivity index (χ3n) is 3.55. The third kappa shape index (κ3) is 2.46. The van der Waals surface area contributed by atoms with Gasteiger partial charge in [-0.05, 0) is 42.8 Å². The SMILES string of the molecule is O=c1c2ccccc2ccn1CCNCC1CC1. The van der Waals surface area contributed by atoms with Gasteiger partial charge in [-0.3, -0.25) is 4.79 Å². The van der Waals surface area contributed by atoms with Crippen molar-refractivity contribution in [2.75, 3.05) is 13.1 Å².